The van der Waals surface area contributed by atoms with Gasteiger partial charge < -0.3 is 14.7 Å². The van der Waals surface area contributed by atoms with Crippen LogP contribution in [0.25, 0.3) is 0 Å². The molecule has 78 valence electrons. The number of aromatic amines is 1. The highest BCUT2D eigenvalue weighted by Gasteiger charge is 2.02. The molecule has 0 aliphatic heterocycles. The van der Waals surface area contributed by atoms with E-state index in [9.17, 15) is 0 Å². The number of hydrogen-bond donors (Lipinski definition) is 2. The summed E-state index contributed by atoms with van der Waals surface area (Å²) in [5, 5.41) is 9.12. The molecule has 2 rings (SSSR count). The minimum absolute atomic E-state index is 0.0000262. The van der Waals surface area contributed by atoms with Crippen LogP contribution in [-0.2, 0) is 13.2 Å². The number of aliphatic hydroxyl groups is 1. The molecule has 2 aromatic rings. The molecule has 0 atom stereocenters. The third-order valence-electron chi connectivity index (χ3n) is 2.30. The number of rotatable bonds is 3. The van der Waals surface area contributed by atoms with Crippen molar-refractivity contribution >= 4 is 12.2 Å². The molecule has 4 heteroatoms. The third-order valence-corrected chi connectivity index (χ3v) is 2.64. The van der Waals surface area contributed by atoms with Crippen molar-refractivity contribution in [3.63, 3.8) is 0 Å². The van der Waals surface area contributed by atoms with E-state index in [0.29, 0.717) is 11.3 Å². The Morgan fingerprint density at radius 2 is 2.00 bits per heavy atom. The average Bonchev–Trinajstić information content (AvgIpc) is 2.62. The Balaban J connectivity index is 2.32. The third kappa shape index (κ3) is 2.16. The number of aliphatic hydroxyl groups excluding tert-OH is 1. The van der Waals surface area contributed by atoms with Gasteiger partial charge in [-0.3, -0.25) is 0 Å². The maximum Gasteiger partial charge on any atom is 0.177 e. The zero-order valence-corrected chi connectivity index (χ0v) is 9.00. The molecular weight excluding hydrogens is 208 g/mol. The predicted molar refractivity (Wildman–Crippen MR) is 61.1 cm³/mol. The molecule has 2 N–H and O–H groups in total. The Morgan fingerprint density at radius 1 is 1.27 bits per heavy atom. The largest absolute Gasteiger partial charge is 0.390 e. The maximum atomic E-state index is 9.12. The predicted octanol–water partition coefficient (Wildman–Crippen LogP) is 2.09. The molecule has 15 heavy (non-hydrogen) atoms. The van der Waals surface area contributed by atoms with Crippen molar-refractivity contribution in [2.45, 2.75) is 13.2 Å². The molecule has 0 radical (unpaired) electrons. The Morgan fingerprint density at radius 3 is 2.67 bits per heavy atom. The number of H-pyrrole nitrogens is 1. The van der Waals surface area contributed by atoms with Gasteiger partial charge >= 0.3 is 0 Å². The van der Waals surface area contributed by atoms with E-state index in [1.54, 1.807) is 6.20 Å². The second-order valence-corrected chi connectivity index (χ2v) is 3.70. The molecule has 0 saturated carbocycles. The highest BCUT2D eigenvalue weighted by atomic mass is 32.1. The van der Waals surface area contributed by atoms with Gasteiger partial charge in [0.25, 0.3) is 0 Å². The van der Waals surface area contributed by atoms with Gasteiger partial charge in [0.05, 0.1) is 18.8 Å². The van der Waals surface area contributed by atoms with Crippen LogP contribution in [0.3, 0.4) is 0 Å². The minimum atomic E-state index is -0.0000262. The van der Waals surface area contributed by atoms with E-state index in [1.807, 2.05) is 34.9 Å². The summed E-state index contributed by atoms with van der Waals surface area (Å²) in [6.45, 7) is 0.693. The van der Waals surface area contributed by atoms with Crippen molar-refractivity contribution in [1.82, 2.24) is 9.55 Å². The topological polar surface area (TPSA) is 40.9 Å². The zero-order valence-electron chi connectivity index (χ0n) is 8.18. The highest BCUT2D eigenvalue weighted by Crippen LogP contribution is 2.07. The molecule has 1 aromatic carbocycles. The lowest BCUT2D eigenvalue weighted by Crippen LogP contribution is -2.04. The number of nitrogens with zero attached hydrogens (tertiary/aromatic N) is 1. The highest BCUT2D eigenvalue weighted by molar-refractivity contribution is 7.71. The van der Waals surface area contributed by atoms with Crippen LogP contribution in [0.2, 0.25) is 0 Å². The summed E-state index contributed by atoms with van der Waals surface area (Å²) in [6, 6.07) is 10.0. The van der Waals surface area contributed by atoms with Crippen LogP contribution >= 0.6 is 12.2 Å². The molecule has 1 heterocycles. The maximum absolute atomic E-state index is 9.12. The molecule has 0 unspecified atom stereocenters. The first-order chi connectivity index (χ1) is 7.31. The Labute approximate surface area is 93.0 Å². The summed E-state index contributed by atoms with van der Waals surface area (Å²) in [4.78, 5) is 2.93. The van der Waals surface area contributed by atoms with Crippen molar-refractivity contribution in [3.8, 4) is 0 Å². The van der Waals surface area contributed by atoms with E-state index < -0.39 is 0 Å². The molecule has 1 aromatic heterocycles. The zero-order chi connectivity index (χ0) is 10.7. The van der Waals surface area contributed by atoms with Crippen molar-refractivity contribution < 1.29 is 5.11 Å². The first kappa shape index (κ1) is 10.1. The summed E-state index contributed by atoms with van der Waals surface area (Å²) in [7, 11) is 0. The fraction of sp³-hybridized carbons (Fsp3) is 0.182. The number of hydrogen-bond acceptors (Lipinski definition) is 2. The fourth-order valence-corrected chi connectivity index (χ4v) is 1.74. The Hall–Kier alpha value is -1.39. The second-order valence-electron chi connectivity index (χ2n) is 3.32. The Bertz CT molecular complexity index is 487. The summed E-state index contributed by atoms with van der Waals surface area (Å²) in [6.07, 6.45) is 1.74. The minimum Gasteiger partial charge on any atom is -0.390 e. The smallest absolute Gasteiger partial charge is 0.177 e. The van der Waals surface area contributed by atoms with Gasteiger partial charge in [-0.1, -0.05) is 30.3 Å². The Kier molecular flexibility index (Phi) is 2.99. The first-order valence-electron chi connectivity index (χ1n) is 4.73. The monoisotopic (exact) mass is 220 g/mol. The summed E-state index contributed by atoms with van der Waals surface area (Å²) in [5.41, 5.74) is 1.98. The lowest BCUT2D eigenvalue weighted by molar-refractivity contribution is 0.271. The molecular formula is C11H12N2OS. The normalized spacial score (nSPS) is 10.5. The molecule has 3 nitrogen and oxygen atoms in total. The van der Waals surface area contributed by atoms with Crippen LogP contribution in [0, 0.1) is 4.77 Å². The SMILES string of the molecule is OCc1c[nH]c(=S)n1Cc1ccccc1. The number of aromatic nitrogens is 2. The van der Waals surface area contributed by atoms with Crippen LogP contribution < -0.4 is 0 Å². The van der Waals surface area contributed by atoms with Gasteiger partial charge in [0.15, 0.2) is 4.77 Å². The average molecular weight is 220 g/mol. The van der Waals surface area contributed by atoms with E-state index in [1.165, 1.54) is 5.56 Å². The summed E-state index contributed by atoms with van der Waals surface area (Å²) in [5.74, 6) is 0. The van der Waals surface area contributed by atoms with Crippen LogP contribution in [0.4, 0.5) is 0 Å². The van der Waals surface area contributed by atoms with Gasteiger partial charge in [-0.25, -0.2) is 0 Å². The number of imidazole rings is 1. The molecule has 0 bridgehead atoms. The summed E-state index contributed by atoms with van der Waals surface area (Å²) >= 11 is 5.13. The second kappa shape index (κ2) is 4.42. The van der Waals surface area contributed by atoms with Gasteiger partial charge in [0.1, 0.15) is 0 Å². The molecule has 0 fully saturated rings. The molecule has 0 amide bonds. The number of nitrogens with one attached hydrogen (secondary N) is 1. The quantitative estimate of drug-likeness (QED) is 0.778. The van der Waals surface area contributed by atoms with Crippen LogP contribution in [0.5, 0.6) is 0 Å². The fourth-order valence-electron chi connectivity index (χ4n) is 1.50. The van der Waals surface area contributed by atoms with Gasteiger partial charge in [-0.2, -0.15) is 0 Å². The van der Waals surface area contributed by atoms with Crippen LogP contribution in [0.15, 0.2) is 36.5 Å². The first-order valence-corrected chi connectivity index (χ1v) is 5.14. The van der Waals surface area contributed by atoms with Crippen molar-refractivity contribution in [2.24, 2.45) is 0 Å². The van der Waals surface area contributed by atoms with Crippen molar-refractivity contribution in [3.05, 3.63) is 52.6 Å². The molecule has 0 spiro atoms. The van der Waals surface area contributed by atoms with Gasteiger partial charge in [0.2, 0.25) is 0 Å². The van der Waals surface area contributed by atoms with E-state index in [4.69, 9.17) is 17.3 Å². The van der Waals surface area contributed by atoms with Gasteiger partial charge in [-0.15, -0.1) is 0 Å². The standard InChI is InChI=1S/C11H12N2OS/c14-8-10-6-12-11(15)13(10)7-9-4-2-1-3-5-9/h1-6,14H,7-8H2,(H,12,15). The van der Waals surface area contributed by atoms with E-state index >= 15 is 0 Å². The van der Waals surface area contributed by atoms with E-state index in [0.717, 1.165) is 5.69 Å². The van der Waals surface area contributed by atoms with Crippen molar-refractivity contribution in [2.75, 3.05) is 0 Å². The van der Waals surface area contributed by atoms with Crippen molar-refractivity contribution in [1.29, 1.82) is 0 Å². The lowest BCUT2D eigenvalue weighted by atomic mass is 10.2. The molecule has 0 saturated heterocycles. The summed E-state index contributed by atoms with van der Waals surface area (Å²) < 4.78 is 2.54. The van der Waals surface area contributed by atoms with Gasteiger partial charge in [0, 0.05) is 6.20 Å². The van der Waals surface area contributed by atoms with Gasteiger partial charge in [-0.05, 0) is 17.8 Å². The molecule has 0 aliphatic rings. The lowest BCUT2D eigenvalue weighted by Gasteiger charge is -2.06. The van der Waals surface area contributed by atoms with E-state index in [-0.39, 0.29) is 6.61 Å². The van der Waals surface area contributed by atoms with Crippen LogP contribution in [0.1, 0.15) is 11.3 Å². The molecule has 0 aliphatic carbocycles. The van der Waals surface area contributed by atoms with E-state index in [2.05, 4.69) is 4.98 Å². The van der Waals surface area contributed by atoms with Crippen LogP contribution in [-0.4, -0.2) is 14.7 Å². The number of benzene rings is 1.